The highest BCUT2D eigenvalue weighted by molar-refractivity contribution is 8.00. The zero-order valence-corrected chi connectivity index (χ0v) is 16.8. The van der Waals surface area contributed by atoms with Crippen molar-refractivity contribution < 1.29 is 23.8 Å². The third-order valence-corrected chi connectivity index (χ3v) is 5.05. The van der Waals surface area contributed by atoms with Gasteiger partial charge >= 0.3 is 5.97 Å². The van der Waals surface area contributed by atoms with Crippen LogP contribution >= 0.6 is 11.8 Å². The highest BCUT2D eigenvalue weighted by Gasteiger charge is 2.17. The monoisotopic (exact) mass is 389 g/mol. The molecule has 6 nitrogen and oxygen atoms in total. The molecule has 0 spiro atoms. The number of hydrogen-bond acceptors (Lipinski definition) is 6. The molecule has 0 bridgehead atoms. The van der Waals surface area contributed by atoms with Crippen LogP contribution in [0.3, 0.4) is 0 Å². The molecule has 0 heterocycles. The standard InChI is InChI=1S/C20H23NO5S/c1-12-6-7-14(20(23)26-5)10-16(12)21-19(22)13(2)27-15-8-9-17(24-3)18(11-15)25-4/h6-11,13H,1-5H3,(H,21,22). The number of aryl methyl sites for hydroxylation is 1. The van der Waals surface area contributed by atoms with E-state index < -0.39 is 5.97 Å². The first-order valence-corrected chi connectivity index (χ1v) is 9.16. The molecule has 1 amide bonds. The van der Waals surface area contributed by atoms with Gasteiger partial charge in [-0.25, -0.2) is 4.79 Å². The number of rotatable bonds is 7. The van der Waals surface area contributed by atoms with Crippen LogP contribution in [0, 0.1) is 6.92 Å². The van der Waals surface area contributed by atoms with E-state index in [-0.39, 0.29) is 11.2 Å². The average molecular weight is 389 g/mol. The minimum Gasteiger partial charge on any atom is -0.493 e. The first-order valence-electron chi connectivity index (χ1n) is 8.28. The van der Waals surface area contributed by atoms with Crippen molar-refractivity contribution in [3.63, 3.8) is 0 Å². The Bertz CT molecular complexity index is 837. The van der Waals surface area contributed by atoms with Crippen molar-refractivity contribution in [2.45, 2.75) is 24.0 Å². The highest BCUT2D eigenvalue weighted by atomic mass is 32.2. The van der Waals surface area contributed by atoms with Crippen LogP contribution in [0.1, 0.15) is 22.8 Å². The van der Waals surface area contributed by atoms with E-state index in [4.69, 9.17) is 14.2 Å². The minimum atomic E-state index is -0.446. The van der Waals surface area contributed by atoms with Crippen LogP contribution in [-0.4, -0.2) is 38.5 Å². The predicted molar refractivity (Wildman–Crippen MR) is 106 cm³/mol. The molecule has 1 unspecified atom stereocenters. The van der Waals surface area contributed by atoms with Gasteiger partial charge in [-0.05, 0) is 49.7 Å². The van der Waals surface area contributed by atoms with Crippen molar-refractivity contribution in [3.05, 3.63) is 47.5 Å². The number of anilines is 1. The van der Waals surface area contributed by atoms with Crippen molar-refractivity contribution in [1.82, 2.24) is 0 Å². The van der Waals surface area contributed by atoms with Crippen molar-refractivity contribution in [1.29, 1.82) is 0 Å². The van der Waals surface area contributed by atoms with Crippen molar-refractivity contribution in [2.75, 3.05) is 26.6 Å². The molecule has 7 heteroatoms. The fourth-order valence-electron chi connectivity index (χ4n) is 2.38. The van der Waals surface area contributed by atoms with Gasteiger partial charge in [0.15, 0.2) is 11.5 Å². The highest BCUT2D eigenvalue weighted by Crippen LogP contribution is 2.33. The molecule has 0 radical (unpaired) electrons. The summed E-state index contributed by atoms with van der Waals surface area (Å²) in [7, 11) is 4.47. The lowest BCUT2D eigenvalue weighted by molar-refractivity contribution is -0.115. The summed E-state index contributed by atoms with van der Waals surface area (Å²) in [5.74, 6) is 0.629. The van der Waals surface area contributed by atoms with Crippen molar-refractivity contribution >= 4 is 29.3 Å². The first-order chi connectivity index (χ1) is 12.9. The number of thioether (sulfide) groups is 1. The van der Waals surface area contributed by atoms with Crippen LogP contribution in [-0.2, 0) is 9.53 Å². The maximum atomic E-state index is 12.6. The summed E-state index contributed by atoms with van der Waals surface area (Å²) in [6.07, 6.45) is 0. The van der Waals surface area contributed by atoms with Crippen LogP contribution in [0.5, 0.6) is 11.5 Å². The molecule has 1 atom stereocenters. The molecule has 0 aliphatic heterocycles. The molecular formula is C20H23NO5S. The Morgan fingerprint density at radius 1 is 1.00 bits per heavy atom. The van der Waals surface area contributed by atoms with Crippen LogP contribution in [0.4, 0.5) is 5.69 Å². The second kappa shape index (κ2) is 9.32. The zero-order chi connectivity index (χ0) is 20.0. The molecule has 144 valence electrons. The van der Waals surface area contributed by atoms with E-state index in [2.05, 4.69) is 5.32 Å². The number of carbonyl (C=O) groups excluding carboxylic acids is 2. The van der Waals surface area contributed by atoms with E-state index in [0.29, 0.717) is 22.7 Å². The van der Waals surface area contributed by atoms with Crippen LogP contribution in [0.2, 0.25) is 0 Å². The molecule has 0 aliphatic carbocycles. The molecular weight excluding hydrogens is 366 g/mol. The third-order valence-electron chi connectivity index (χ3n) is 3.95. The Labute approximate surface area is 163 Å². The van der Waals surface area contributed by atoms with Gasteiger partial charge in [0, 0.05) is 10.6 Å². The van der Waals surface area contributed by atoms with E-state index in [1.165, 1.54) is 18.9 Å². The fraction of sp³-hybridized carbons (Fsp3) is 0.300. The molecule has 2 rings (SSSR count). The second-order valence-corrected chi connectivity index (χ2v) is 7.20. The zero-order valence-electron chi connectivity index (χ0n) is 16.0. The quantitative estimate of drug-likeness (QED) is 0.572. The summed E-state index contributed by atoms with van der Waals surface area (Å²) >= 11 is 1.40. The summed E-state index contributed by atoms with van der Waals surface area (Å²) < 4.78 is 15.2. The number of hydrogen-bond donors (Lipinski definition) is 1. The number of methoxy groups -OCH3 is 3. The SMILES string of the molecule is COC(=O)c1ccc(C)c(NC(=O)C(C)Sc2ccc(OC)c(OC)c2)c1. The number of carbonyl (C=O) groups is 2. The number of benzene rings is 2. The Kier molecular flexibility index (Phi) is 7.12. The molecule has 27 heavy (non-hydrogen) atoms. The van der Waals surface area contributed by atoms with Gasteiger partial charge in [0.25, 0.3) is 0 Å². The topological polar surface area (TPSA) is 73.9 Å². The lowest BCUT2D eigenvalue weighted by Crippen LogP contribution is -2.23. The molecule has 0 saturated heterocycles. The van der Waals surface area contributed by atoms with Gasteiger partial charge in [-0.2, -0.15) is 0 Å². The van der Waals surface area contributed by atoms with Gasteiger partial charge < -0.3 is 19.5 Å². The third kappa shape index (κ3) is 5.17. The van der Waals surface area contributed by atoms with Crippen LogP contribution < -0.4 is 14.8 Å². The molecule has 0 fully saturated rings. The maximum absolute atomic E-state index is 12.6. The van der Waals surface area contributed by atoms with Crippen LogP contribution in [0.15, 0.2) is 41.3 Å². The van der Waals surface area contributed by atoms with Gasteiger partial charge in [0.1, 0.15) is 0 Å². The van der Waals surface area contributed by atoms with Crippen molar-refractivity contribution in [2.24, 2.45) is 0 Å². The number of amides is 1. The summed E-state index contributed by atoms with van der Waals surface area (Å²) in [5.41, 5.74) is 1.83. The normalized spacial score (nSPS) is 11.4. The Morgan fingerprint density at radius 2 is 1.70 bits per heavy atom. The number of ether oxygens (including phenoxy) is 3. The van der Waals surface area contributed by atoms with Gasteiger partial charge in [-0.15, -0.1) is 11.8 Å². The Balaban J connectivity index is 2.11. The summed E-state index contributed by atoms with van der Waals surface area (Å²) in [6.45, 7) is 3.68. The number of esters is 1. The van der Waals surface area contributed by atoms with Gasteiger partial charge in [0.05, 0.1) is 32.1 Å². The Morgan fingerprint density at radius 3 is 2.33 bits per heavy atom. The lowest BCUT2D eigenvalue weighted by atomic mass is 10.1. The largest absolute Gasteiger partial charge is 0.493 e. The van der Waals surface area contributed by atoms with Gasteiger partial charge in [-0.3, -0.25) is 4.79 Å². The molecule has 2 aromatic rings. The Hall–Kier alpha value is -2.67. The molecule has 1 N–H and O–H groups in total. The van der Waals surface area contributed by atoms with Gasteiger partial charge in [-0.1, -0.05) is 6.07 Å². The molecule has 0 aliphatic rings. The minimum absolute atomic E-state index is 0.167. The fourth-order valence-corrected chi connectivity index (χ4v) is 3.28. The molecule has 0 aromatic heterocycles. The van der Waals surface area contributed by atoms with E-state index in [0.717, 1.165) is 10.5 Å². The smallest absolute Gasteiger partial charge is 0.337 e. The van der Waals surface area contributed by atoms with E-state index in [1.807, 2.05) is 26.0 Å². The van der Waals surface area contributed by atoms with Crippen LogP contribution in [0.25, 0.3) is 0 Å². The average Bonchev–Trinajstić information content (AvgIpc) is 2.68. The summed E-state index contributed by atoms with van der Waals surface area (Å²) in [5, 5.41) is 2.52. The van der Waals surface area contributed by atoms with E-state index >= 15 is 0 Å². The summed E-state index contributed by atoms with van der Waals surface area (Å²) in [6, 6.07) is 10.6. The van der Waals surface area contributed by atoms with E-state index in [9.17, 15) is 9.59 Å². The molecule has 0 saturated carbocycles. The second-order valence-electron chi connectivity index (χ2n) is 5.79. The maximum Gasteiger partial charge on any atom is 0.337 e. The number of nitrogens with one attached hydrogen (secondary N) is 1. The van der Waals surface area contributed by atoms with E-state index in [1.54, 1.807) is 38.5 Å². The van der Waals surface area contributed by atoms with Gasteiger partial charge in [0.2, 0.25) is 5.91 Å². The summed E-state index contributed by atoms with van der Waals surface area (Å²) in [4.78, 5) is 25.2. The van der Waals surface area contributed by atoms with Crippen molar-refractivity contribution in [3.8, 4) is 11.5 Å². The first kappa shape index (κ1) is 20.6. The molecule has 2 aromatic carbocycles. The lowest BCUT2D eigenvalue weighted by Gasteiger charge is -2.15. The predicted octanol–water partition coefficient (Wildman–Crippen LogP) is 3.92.